The Bertz CT molecular complexity index is 848. The normalized spacial score (nSPS) is 10.3. The number of nitrogens with one attached hydrogen (secondary N) is 2. The van der Waals surface area contributed by atoms with Crippen LogP contribution in [0, 0.1) is 0 Å². The first kappa shape index (κ1) is 17.5. The van der Waals surface area contributed by atoms with Crippen molar-refractivity contribution >= 4 is 11.7 Å². The second-order valence-corrected chi connectivity index (χ2v) is 5.64. The maximum Gasteiger partial charge on any atom is 0.319 e. The van der Waals surface area contributed by atoms with E-state index >= 15 is 0 Å². The van der Waals surface area contributed by atoms with Gasteiger partial charge in [0.1, 0.15) is 12.1 Å². The number of rotatable bonds is 7. The van der Waals surface area contributed by atoms with Crippen molar-refractivity contribution in [3.63, 3.8) is 0 Å². The molecule has 26 heavy (non-hydrogen) atoms. The third-order valence-corrected chi connectivity index (χ3v) is 3.62. The van der Waals surface area contributed by atoms with Crippen LogP contribution in [0.4, 0.5) is 10.5 Å². The molecule has 0 radical (unpaired) electrons. The third-order valence-electron chi connectivity index (χ3n) is 3.62. The molecule has 0 saturated heterocycles. The first-order valence-corrected chi connectivity index (χ1v) is 8.48. The van der Waals surface area contributed by atoms with Crippen molar-refractivity contribution in [2.75, 3.05) is 11.9 Å². The molecule has 1 aromatic heterocycles. The number of nitrogens with zero attached hydrogens (tertiary/aromatic N) is 3. The van der Waals surface area contributed by atoms with Gasteiger partial charge in [0, 0.05) is 17.4 Å². The number of carbonyl (C=O) groups is 1. The molecule has 0 aliphatic heterocycles. The van der Waals surface area contributed by atoms with Gasteiger partial charge >= 0.3 is 6.03 Å². The van der Waals surface area contributed by atoms with Crippen molar-refractivity contribution in [2.24, 2.45) is 0 Å². The first-order valence-electron chi connectivity index (χ1n) is 8.48. The monoisotopic (exact) mass is 351 g/mol. The highest BCUT2D eigenvalue weighted by atomic mass is 16.5. The molecule has 0 bridgehead atoms. The van der Waals surface area contributed by atoms with E-state index in [-0.39, 0.29) is 12.6 Å². The Morgan fingerprint density at radius 2 is 2.00 bits per heavy atom. The molecule has 134 valence electrons. The van der Waals surface area contributed by atoms with Crippen LogP contribution >= 0.6 is 0 Å². The van der Waals surface area contributed by atoms with Gasteiger partial charge in [0.15, 0.2) is 5.82 Å². The number of anilines is 1. The SMILES string of the molecule is CCCOc1cccc(NC(=O)NCc2nncn2-c2ccccc2)c1. The van der Waals surface area contributed by atoms with Gasteiger partial charge < -0.3 is 15.4 Å². The Balaban J connectivity index is 1.58. The van der Waals surface area contributed by atoms with Crippen LogP contribution in [0.1, 0.15) is 19.2 Å². The number of hydrogen-bond donors (Lipinski definition) is 2. The fourth-order valence-electron chi connectivity index (χ4n) is 2.40. The van der Waals surface area contributed by atoms with E-state index in [4.69, 9.17) is 4.74 Å². The van der Waals surface area contributed by atoms with Crippen LogP contribution in [-0.2, 0) is 6.54 Å². The van der Waals surface area contributed by atoms with Crippen molar-refractivity contribution in [3.8, 4) is 11.4 Å². The summed E-state index contributed by atoms with van der Waals surface area (Å²) in [4.78, 5) is 12.2. The average molecular weight is 351 g/mol. The predicted molar refractivity (Wildman–Crippen MR) is 99.4 cm³/mol. The third kappa shape index (κ3) is 4.60. The molecule has 0 aliphatic carbocycles. The lowest BCUT2D eigenvalue weighted by Gasteiger charge is -2.10. The Morgan fingerprint density at radius 1 is 1.15 bits per heavy atom. The molecule has 0 aliphatic rings. The number of urea groups is 1. The summed E-state index contributed by atoms with van der Waals surface area (Å²) < 4.78 is 7.40. The standard InChI is InChI=1S/C19H21N5O2/c1-2-11-26-17-10-6-7-15(12-17)22-19(25)20-13-18-23-21-14-24(18)16-8-4-3-5-9-16/h3-10,12,14H,2,11,13H2,1H3,(H2,20,22,25). The van der Waals surface area contributed by atoms with Crippen molar-refractivity contribution in [3.05, 3.63) is 66.7 Å². The fourth-order valence-corrected chi connectivity index (χ4v) is 2.40. The molecule has 0 fully saturated rings. The van der Waals surface area contributed by atoms with Gasteiger partial charge in [-0.15, -0.1) is 10.2 Å². The molecule has 0 saturated carbocycles. The fraction of sp³-hybridized carbons (Fsp3) is 0.211. The van der Waals surface area contributed by atoms with Crippen molar-refractivity contribution < 1.29 is 9.53 Å². The first-order chi connectivity index (χ1) is 12.8. The van der Waals surface area contributed by atoms with E-state index < -0.39 is 0 Å². The Kier molecular flexibility index (Phi) is 5.82. The quantitative estimate of drug-likeness (QED) is 0.684. The summed E-state index contributed by atoms with van der Waals surface area (Å²) in [7, 11) is 0. The highest BCUT2D eigenvalue weighted by Crippen LogP contribution is 2.17. The molecule has 0 atom stereocenters. The molecule has 0 spiro atoms. The van der Waals surface area contributed by atoms with E-state index in [9.17, 15) is 4.79 Å². The van der Waals surface area contributed by atoms with Crippen LogP contribution in [0.2, 0.25) is 0 Å². The van der Waals surface area contributed by atoms with E-state index in [1.165, 1.54) is 0 Å². The van der Waals surface area contributed by atoms with Gasteiger partial charge in [0.05, 0.1) is 13.2 Å². The zero-order chi connectivity index (χ0) is 18.2. The van der Waals surface area contributed by atoms with E-state index in [2.05, 4.69) is 20.8 Å². The average Bonchev–Trinajstić information content (AvgIpc) is 3.14. The van der Waals surface area contributed by atoms with Crippen LogP contribution in [0.5, 0.6) is 5.75 Å². The molecule has 3 rings (SSSR count). The summed E-state index contributed by atoms with van der Waals surface area (Å²) in [6, 6.07) is 16.7. The summed E-state index contributed by atoms with van der Waals surface area (Å²) in [5.41, 5.74) is 1.61. The predicted octanol–water partition coefficient (Wildman–Crippen LogP) is 3.38. The number of amides is 2. The Morgan fingerprint density at radius 3 is 2.81 bits per heavy atom. The molecule has 2 amide bonds. The highest BCUT2D eigenvalue weighted by molar-refractivity contribution is 5.89. The highest BCUT2D eigenvalue weighted by Gasteiger charge is 2.08. The lowest BCUT2D eigenvalue weighted by Crippen LogP contribution is -2.29. The van der Waals surface area contributed by atoms with Crippen LogP contribution in [0.25, 0.3) is 5.69 Å². The second kappa shape index (κ2) is 8.66. The minimum absolute atomic E-state index is 0.257. The van der Waals surface area contributed by atoms with Gasteiger partial charge in [0.25, 0.3) is 0 Å². The van der Waals surface area contributed by atoms with E-state index in [0.717, 1.165) is 17.9 Å². The Hall–Kier alpha value is -3.35. The lowest BCUT2D eigenvalue weighted by molar-refractivity contribution is 0.251. The van der Waals surface area contributed by atoms with Gasteiger partial charge in [-0.25, -0.2) is 4.79 Å². The van der Waals surface area contributed by atoms with Gasteiger partial charge in [-0.05, 0) is 30.7 Å². The molecular formula is C19H21N5O2. The molecule has 0 unspecified atom stereocenters. The van der Waals surface area contributed by atoms with E-state index in [0.29, 0.717) is 18.1 Å². The molecule has 7 heteroatoms. The van der Waals surface area contributed by atoms with Crippen molar-refractivity contribution in [1.29, 1.82) is 0 Å². The Labute approximate surface area is 152 Å². The topological polar surface area (TPSA) is 81.1 Å². The second-order valence-electron chi connectivity index (χ2n) is 5.64. The summed E-state index contributed by atoms with van der Waals surface area (Å²) in [6.07, 6.45) is 2.55. The molecule has 2 N–H and O–H groups in total. The van der Waals surface area contributed by atoms with Gasteiger partial charge in [0.2, 0.25) is 0 Å². The maximum atomic E-state index is 12.2. The summed E-state index contributed by atoms with van der Waals surface area (Å²) in [6.45, 7) is 2.95. The zero-order valence-electron chi connectivity index (χ0n) is 14.6. The largest absolute Gasteiger partial charge is 0.494 e. The van der Waals surface area contributed by atoms with Gasteiger partial charge in [-0.3, -0.25) is 4.57 Å². The van der Waals surface area contributed by atoms with Crippen molar-refractivity contribution in [1.82, 2.24) is 20.1 Å². The van der Waals surface area contributed by atoms with Crippen molar-refractivity contribution in [2.45, 2.75) is 19.9 Å². The molecule has 1 heterocycles. The smallest absolute Gasteiger partial charge is 0.319 e. The van der Waals surface area contributed by atoms with Crippen LogP contribution in [-0.4, -0.2) is 27.4 Å². The number of aromatic nitrogens is 3. The number of para-hydroxylation sites is 1. The van der Waals surface area contributed by atoms with Gasteiger partial charge in [-0.2, -0.15) is 0 Å². The lowest BCUT2D eigenvalue weighted by atomic mass is 10.3. The van der Waals surface area contributed by atoms with Crippen LogP contribution < -0.4 is 15.4 Å². The molecule has 3 aromatic rings. The molecule has 2 aromatic carbocycles. The van der Waals surface area contributed by atoms with Crippen LogP contribution in [0.15, 0.2) is 60.9 Å². The van der Waals surface area contributed by atoms with Gasteiger partial charge in [-0.1, -0.05) is 31.2 Å². The van der Waals surface area contributed by atoms with Crippen LogP contribution in [0.3, 0.4) is 0 Å². The molecule has 7 nitrogen and oxygen atoms in total. The minimum atomic E-state index is -0.319. The van der Waals surface area contributed by atoms with E-state index in [1.54, 1.807) is 12.4 Å². The zero-order valence-corrected chi connectivity index (χ0v) is 14.6. The minimum Gasteiger partial charge on any atom is -0.494 e. The number of carbonyl (C=O) groups excluding carboxylic acids is 1. The van der Waals surface area contributed by atoms with E-state index in [1.807, 2.05) is 60.0 Å². The molecular weight excluding hydrogens is 330 g/mol. The number of ether oxygens (including phenoxy) is 1. The number of benzene rings is 2. The summed E-state index contributed by atoms with van der Waals surface area (Å²) in [5.74, 6) is 1.37. The number of hydrogen-bond acceptors (Lipinski definition) is 4. The summed E-state index contributed by atoms with van der Waals surface area (Å²) >= 11 is 0. The maximum absolute atomic E-state index is 12.2. The summed E-state index contributed by atoms with van der Waals surface area (Å²) in [5, 5.41) is 13.6.